The highest BCUT2D eigenvalue weighted by Crippen LogP contribution is 2.41. The minimum atomic E-state index is -0.731. The fraction of sp³-hybridized carbons (Fsp3) is 0.323. The zero-order chi connectivity index (χ0) is 27.2. The van der Waals surface area contributed by atoms with Gasteiger partial charge in [-0.05, 0) is 79.4 Å². The fourth-order valence-electron chi connectivity index (χ4n) is 4.66. The van der Waals surface area contributed by atoms with Crippen LogP contribution in [0.5, 0.6) is 5.75 Å². The van der Waals surface area contributed by atoms with E-state index in [1.54, 1.807) is 36.7 Å². The Bertz CT molecular complexity index is 1280. The van der Waals surface area contributed by atoms with E-state index in [1.807, 2.05) is 36.4 Å². The summed E-state index contributed by atoms with van der Waals surface area (Å²) in [6.07, 6.45) is 3.31. The molecule has 1 aliphatic rings. The highest BCUT2D eigenvalue weighted by molar-refractivity contribution is 6.46. The van der Waals surface area contributed by atoms with Gasteiger partial charge in [-0.3, -0.25) is 14.6 Å². The number of anilines is 1. The van der Waals surface area contributed by atoms with Crippen molar-refractivity contribution in [2.24, 2.45) is 5.92 Å². The average Bonchev–Trinajstić information content (AvgIpc) is 3.18. The number of nitrogens with zero attached hydrogens (tertiary/aromatic N) is 3. The summed E-state index contributed by atoms with van der Waals surface area (Å²) < 4.78 is 5.75. The molecule has 4 rings (SSSR count). The predicted molar refractivity (Wildman–Crippen MR) is 149 cm³/mol. The summed E-state index contributed by atoms with van der Waals surface area (Å²) in [6.45, 7) is 10.9. The Labute approximate surface area is 224 Å². The number of ketones is 1. The van der Waals surface area contributed by atoms with Crippen molar-refractivity contribution in [3.63, 3.8) is 0 Å². The van der Waals surface area contributed by atoms with Crippen molar-refractivity contribution in [3.05, 3.63) is 95.3 Å². The molecule has 1 amide bonds. The number of rotatable bonds is 10. The van der Waals surface area contributed by atoms with Crippen molar-refractivity contribution in [1.82, 2.24) is 9.88 Å². The van der Waals surface area contributed by atoms with Crippen molar-refractivity contribution in [2.45, 2.75) is 40.3 Å². The number of ether oxygens (including phenoxy) is 1. The third kappa shape index (κ3) is 5.72. The number of carbonyl (C=O) groups excluding carboxylic acids is 2. The molecule has 198 valence electrons. The maximum absolute atomic E-state index is 13.4. The van der Waals surface area contributed by atoms with E-state index in [0.717, 1.165) is 29.9 Å². The normalized spacial score (nSPS) is 16.8. The molecule has 0 bridgehead atoms. The second-order valence-corrected chi connectivity index (χ2v) is 9.78. The van der Waals surface area contributed by atoms with Crippen LogP contribution in [0.3, 0.4) is 0 Å². The maximum atomic E-state index is 13.4. The van der Waals surface area contributed by atoms with E-state index >= 15 is 0 Å². The molecule has 1 fully saturated rings. The van der Waals surface area contributed by atoms with E-state index in [0.29, 0.717) is 23.8 Å². The summed E-state index contributed by atoms with van der Waals surface area (Å²) in [6, 6.07) is 17.7. The van der Waals surface area contributed by atoms with Gasteiger partial charge in [-0.15, -0.1) is 0 Å². The fourth-order valence-corrected chi connectivity index (χ4v) is 4.66. The van der Waals surface area contributed by atoms with Crippen molar-refractivity contribution in [1.29, 1.82) is 0 Å². The molecule has 7 heteroatoms. The number of aromatic nitrogens is 1. The topological polar surface area (TPSA) is 83.0 Å². The minimum Gasteiger partial charge on any atom is -0.507 e. The van der Waals surface area contributed by atoms with Crippen molar-refractivity contribution in [3.8, 4) is 5.75 Å². The van der Waals surface area contributed by atoms with Crippen molar-refractivity contribution >= 4 is 23.1 Å². The molecule has 0 saturated carbocycles. The first-order chi connectivity index (χ1) is 18.3. The Morgan fingerprint density at radius 3 is 2.18 bits per heavy atom. The Kier molecular flexibility index (Phi) is 8.46. The molecule has 7 nitrogen and oxygen atoms in total. The Balaban J connectivity index is 1.76. The molecule has 1 aliphatic heterocycles. The molecular formula is C31H35N3O4. The Morgan fingerprint density at radius 1 is 0.974 bits per heavy atom. The second kappa shape index (κ2) is 11.9. The molecular weight excluding hydrogens is 478 g/mol. The Hall–Kier alpha value is -4.13. The zero-order valence-electron chi connectivity index (χ0n) is 22.4. The highest BCUT2D eigenvalue weighted by Gasteiger charge is 2.46. The van der Waals surface area contributed by atoms with E-state index in [1.165, 1.54) is 4.90 Å². The van der Waals surface area contributed by atoms with Crippen LogP contribution >= 0.6 is 0 Å². The number of hydrogen-bond acceptors (Lipinski definition) is 6. The van der Waals surface area contributed by atoms with Crippen LogP contribution < -0.4 is 9.64 Å². The predicted octanol–water partition coefficient (Wildman–Crippen LogP) is 5.58. The first-order valence-corrected chi connectivity index (χ1v) is 13.1. The van der Waals surface area contributed by atoms with Gasteiger partial charge in [0, 0.05) is 43.3 Å². The second-order valence-electron chi connectivity index (χ2n) is 9.78. The van der Waals surface area contributed by atoms with E-state index in [9.17, 15) is 14.7 Å². The van der Waals surface area contributed by atoms with E-state index in [4.69, 9.17) is 4.74 Å². The standard InChI is InChI=1S/C31H35N3O4/c1-5-33(6-2)25-11-7-23(8-12-25)28-27(29(35)24-9-13-26(14-10-24)38-20-21(3)4)30(36)31(37)34(28)19-22-15-17-32-18-16-22/h7-18,21,28,35H,5-6,19-20H2,1-4H3/b29-27-. The number of hydrogen-bond donors (Lipinski definition) is 1. The minimum absolute atomic E-state index is 0.0792. The molecule has 2 heterocycles. The van der Waals surface area contributed by atoms with Gasteiger partial charge in [0.05, 0.1) is 18.2 Å². The summed E-state index contributed by atoms with van der Waals surface area (Å²) in [7, 11) is 0. The number of aliphatic hydroxyl groups is 1. The third-order valence-corrected chi connectivity index (χ3v) is 6.69. The van der Waals surface area contributed by atoms with E-state index in [2.05, 4.69) is 37.6 Å². The largest absolute Gasteiger partial charge is 0.507 e. The number of carbonyl (C=O) groups is 2. The summed E-state index contributed by atoms with van der Waals surface area (Å²) in [5.41, 5.74) is 3.19. The smallest absolute Gasteiger partial charge is 0.295 e. The van der Waals surface area contributed by atoms with E-state index in [-0.39, 0.29) is 17.9 Å². The van der Waals surface area contributed by atoms with Gasteiger partial charge >= 0.3 is 0 Å². The van der Waals surface area contributed by atoms with Crippen LogP contribution in [0.4, 0.5) is 5.69 Å². The number of aliphatic hydroxyl groups excluding tert-OH is 1. The lowest BCUT2D eigenvalue weighted by atomic mass is 9.95. The molecule has 1 N–H and O–H groups in total. The van der Waals surface area contributed by atoms with Gasteiger partial charge in [-0.1, -0.05) is 26.0 Å². The van der Waals surface area contributed by atoms with E-state index < -0.39 is 17.7 Å². The first kappa shape index (κ1) is 26.9. The summed E-state index contributed by atoms with van der Waals surface area (Å²) in [5.74, 6) is -0.481. The van der Waals surface area contributed by atoms with Gasteiger partial charge in [-0.25, -0.2) is 0 Å². The number of pyridine rings is 1. The molecule has 0 radical (unpaired) electrons. The van der Waals surface area contributed by atoms with Gasteiger partial charge in [0.1, 0.15) is 11.5 Å². The van der Waals surface area contributed by atoms with Crippen LogP contribution in [0.2, 0.25) is 0 Å². The Morgan fingerprint density at radius 2 is 1.61 bits per heavy atom. The van der Waals surface area contributed by atoms with Crippen LogP contribution in [0.15, 0.2) is 78.6 Å². The molecule has 38 heavy (non-hydrogen) atoms. The molecule has 0 aliphatic carbocycles. The summed E-state index contributed by atoms with van der Waals surface area (Å²) in [4.78, 5) is 34.5. The average molecular weight is 514 g/mol. The molecule has 1 aromatic heterocycles. The van der Waals surface area contributed by atoms with Crippen molar-refractivity contribution < 1.29 is 19.4 Å². The summed E-state index contributed by atoms with van der Waals surface area (Å²) >= 11 is 0. The van der Waals surface area contributed by atoms with Gasteiger partial charge < -0.3 is 19.6 Å². The molecule has 3 aromatic rings. The van der Waals surface area contributed by atoms with Crippen LogP contribution in [0, 0.1) is 5.92 Å². The molecule has 1 atom stereocenters. The highest BCUT2D eigenvalue weighted by atomic mass is 16.5. The van der Waals surface area contributed by atoms with Gasteiger partial charge in [0.25, 0.3) is 11.7 Å². The number of likely N-dealkylation sites (tertiary alicyclic amines) is 1. The van der Waals surface area contributed by atoms with Gasteiger partial charge in [0.2, 0.25) is 0 Å². The lowest BCUT2D eigenvalue weighted by Crippen LogP contribution is -2.29. The van der Waals surface area contributed by atoms with Gasteiger partial charge in [-0.2, -0.15) is 0 Å². The maximum Gasteiger partial charge on any atom is 0.295 e. The van der Waals surface area contributed by atoms with Crippen LogP contribution in [0.1, 0.15) is 50.4 Å². The first-order valence-electron chi connectivity index (χ1n) is 13.1. The lowest BCUT2D eigenvalue weighted by Gasteiger charge is -2.26. The summed E-state index contributed by atoms with van der Waals surface area (Å²) in [5, 5.41) is 11.4. The third-order valence-electron chi connectivity index (χ3n) is 6.69. The lowest BCUT2D eigenvalue weighted by molar-refractivity contribution is -0.140. The van der Waals surface area contributed by atoms with Crippen LogP contribution in [0.25, 0.3) is 5.76 Å². The van der Waals surface area contributed by atoms with Crippen LogP contribution in [-0.2, 0) is 16.1 Å². The molecule has 1 unspecified atom stereocenters. The molecule has 1 saturated heterocycles. The number of amides is 1. The van der Waals surface area contributed by atoms with Gasteiger partial charge in [0.15, 0.2) is 0 Å². The van der Waals surface area contributed by atoms with Crippen LogP contribution in [-0.4, -0.2) is 46.4 Å². The zero-order valence-corrected chi connectivity index (χ0v) is 22.4. The monoisotopic (exact) mass is 513 g/mol. The quantitative estimate of drug-likeness (QED) is 0.216. The number of Topliss-reactive ketones (excluding diaryl/α,β-unsaturated/α-hetero) is 1. The van der Waals surface area contributed by atoms with Crippen molar-refractivity contribution in [2.75, 3.05) is 24.6 Å². The molecule has 2 aromatic carbocycles. The number of benzene rings is 2. The SMILES string of the molecule is CCN(CC)c1ccc(C2/C(=C(/O)c3ccc(OCC(C)C)cc3)C(=O)C(=O)N2Cc2ccncc2)cc1. The molecule has 0 spiro atoms.